The summed E-state index contributed by atoms with van der Waals surface area (Å²) in [6, 6.07) is 7.97. The van der Waals surface area contributed by atoms with Crippen LogP contribution >= 0.6 is 88.2 Å². The molecule has 0 spiro atoms. The third-order valence-electron chi connectivity index (χ3n) is 6.40. The zero-order valence-electron chi connectivity index (χ0n) is 25.0. The third kappa shape index (κ3) is 10.5. The van der Waals surface area contributed by atoms with E-state index in [1.54, 1.807) is 24.3 Å². The van der Waals surface area contributed by atoms with E-state index in [0.717, 1.165) is 0 Å². The highest BCUT2D eigenvalue weighted by atomic mass is 79.9. The molecule has 4 aromatic carbocycles. The van der Waals surface area contributed by atoms with Crippen LogP contribution in [0.3, 0.4) is 0 Å². The molecular formula is C32H26Br4N2O10S2. The maximum absolute atomic E-state index is 9.65. The lowest BCUT2D eigenvalue weighted by Gasteiger charge is -2.08. The summed E-state index contributed by atoms with van der Waals surface area (Å²) in [5, 5.41) is 101. The minimum absolute atomic E-state index is 0.219. The van der Waals surface area contributed by atoms with Crippen molar-refractivity contribution in [2.45, 2.75) is 13.1 Å². The van der Waals surface area contributed by atoms with Crippen LogP contribution in [0.1, 0.15) is 22.3 Å². The molecule has 0 saturated heterocycles. The van der Waals surface area contributed by atoms with Crippen LogP contribution in [0.4, 0.5) is 0 Å². The molecule has 50 heavy (non-hydrogen) atoms. The summed E-state index contributed by atoms with van der Waals surface area (Å²) in [5.74, 6) is -3.93. The molecule has 0 atom stereocenters. The molecule has 12 nitrogen and oxygen atoms in total. The number of thiocarbonyl (C=S) groups is 2. The second-order valence-electron chi connectivity index (χ2n) is 9.99. The predicted octanol–water partition coefficient (Wildman–Crippen LogP) is 7.74. The van der Waals surface area contributed by atoms with E-state index in [1.807, 2.05) is 0 Å². The summed E-state index contributed by atoms with van der Waals surface area (Å²) in [7, 11) is 0. The highest BCUT2D eigenvalue weighted by molar-refractivity contribution is 9.13. The zero-order chi connectivity index (χ0) is 37.4. The van der Waals surface area contributed by atoms with Gasteiger partial charge in [-0.2, -0.15) is 0 Å². The van der Waals surface area contributed by atoms with Crippen molar-refractivity contribution in [3.05, 3.63) is 88.7 Å². The number of phenols is 10. The van der Waals surface area contributed by atoms with Gasteiger partial charge in [0, 0.05) is 22.0 Å². The molecule has 12 N–H and O–H groups in total. The van der Waals surface area contributed by atoms with Crippen LogP contribution in [0.5, 0.6) is 57.5 Å². The van der Waals surface area contributed by atoms with Gasteiger partial charge in [0.15, 0.2) is 57.5 Å². The fraction of sp³-hybridized carbons (Fsp3) is 0.0625. The topological polar surface area (TPSA) is 226 Å². The molecule has 264 valence electrons. The Hall–Kier alpha value is -3.94. The van der Waals surface area contributed by atoms with Gasteiger partial charge in [-0.3, -0.25) is 0 Å². The average molecular weight is 982 g/mol. The number of hydrogen-bond acceptors (Lipinski definition) is 12. The van der Waals surface area contributed by atoms with Crippen molar-refractivity contribution in [3.63, 3.8) is 0 Å². The lowest BCUT2D eigenvalue weighted by Crippen LogP contribution is -2.18. The lowest BCUT2D eigenvalue weighted by atomic mass is 10.1. The number of benzene rings is 4. The van der Waals surface area contributed by atoms with Crippen molar-refractivity contribution in [2.75, 3.05) is 0 Å². The fourth-order valence-corrected chi connectivity index (χ4v) is 5.85. The van der Waals surface area contributed by atoms with Gasteiger partial charge in [-0.25, -0.2) is 0 Å². The largest absolute Gasteiger partial charge is 0.504 e. The summed E-state index contributed by atoms with van der Waals surface area (Å²) in [6.07, 6.45) is 6.43. The Morgan fingerprint density at radius 3 is 1.04 bits per heavy atom. The lowest BCUT2D eigenvalue weighted by molar-refractivity contribution is 0.367. The zero-order valence-corrected chi connectivity index (χ0v) is 33.0. The van der Waals surface area contributed by atoms with Gasteiger partial charge < -0.3 is 61.7 Å². The molecule has 0 unspecified atom stereocenters. The van der Waals surface area contributed by atoms with E-state index in [4.69, 9.17) is 24.4 Å². The molecule has 0 aromatic heterocycles. The predicted molar refractivity (Wildman–Crippen MR) is 210 cm³/mol. The molecular weight excluding hydrogens is 956 g/mol. The summed E-state index contributed by atoms with van der Waals surface area (Å²) in [4.78, 5) is 0.727. The van der Waals surface area contributed by atoms with Crippen LogP contribution < -0.4 is 10.6 Å². The van der Waals surface area contributed by atoms with Crippen LogP contribution in [0.2, 0.25) is 0 Å². The van der Waals surface area contributed by atoms with Crippen molar-refractivity contribution in [3.8, 4) is 57.5 Å². The second-order valence-corrected chi connectivity index (χ2v) is 14.0. The van der Waals surface area contributed by atoms with Crippen molar-refractivity contribution in [2.24, 2.45) is 0 Å². The maximum atomic E-state index is 9.65. The van der Waals surface area contributed by atoms with Gasteiger partial charge in [0.25, 0.3) is 0 Å². The van der Waals surface area contributed by atoms with Gasteiger partial charge in [0.05, 0.1) is 18.9 Å². The Labute approximate surface area is 328 Å². The molecule has 18 heteroatoms. The van der Waals surface area contributed by atoms with E-state index < -0.39 is 34.5 Å². The van der Waals surface area contributed by atoms with Crippen molar-refractivity contribution in [1.29, 1.82) is 0 Å². The number of hydrogen-bond donors (Lipinski definition) is 12. The molecule has 4 aromatic rings. The number of rotatable bonds is 8. The Balaban J connectivity index is 0.000000270. The van der Waals surface area contributed by atoms with Gasteiger partial charge >= 0.3 is 0 Å². The van der Waals surface area contributed by atoms with Crippen molar-refractivity contribution < 1.29 is 51.1 Å². The second kappa shape index (κ2) is 17.8. The summed E-state index contributed by atoms with van der Waals surface area (Å²) in [5.41, 5.74) is 2.22. The molecule has 0 aliphatic rings. The quantitative estimate of drug-likeness (QED) is 0.0461. The molecule has 0 amide bonds. The Bertz CT molecular complexity index is 1840. The Morgan fingerprint density at radius 1 is 0.460 bits per heavy atom. The van der Waals surface area contributed by atoms with Gasteiger partial charge in [0.1, 0.15) is 0 Å². The average Bonchev–Trinajstić information content (AvgIpc) is 3.07. The van der Waals surface area contributed by atoms with Crippen LogP contribution in [-0.4, -0.2) is 61.0 Å². The van der Waals surface area contributed by atoms with Crippen molar-refractivity contribution in [1.82, 2.24) is 10.6 Å². The van der Waals surface area contributed by atoms with Crippen molar-refractivity contribution >= 4 is 110 Å². The summed E-state index contributed by atoms with van der Waals surface area (Å²) in [6.45, 7) is 0.437. The van der Waals surface area contributed by atoms with Crippen LogP contribution in [-0.2, 0) is 13.1 Å². The summed E-state index contributed by atoms with van der Waals surface area (Å²) >= 11 is 23.3. The van der Waals surface area contributed by atoms with Gasteiger partial charge in [-0.15, -0.1) is 0 Å². The van der Waals surface area contributed by atoms with Gasteiger partial charge in [0.2, 0.25) is 0 Å². The number of phenolic OH excluding ortho intramolecular Hbond substituents is 10. The maximum Gasteiger partial charge on any atom is 0.200 e. The molecule has 0 fully saturated rings. The Kier molecular flexibility index (Phi) is 14.4. The molecule has 0 aliphatic heterocycles. The molecule has 0 aliphatic carbocycles. The first kappa shape index (κ1) is 40.5. The minimum atomic E-state index is -0.575. The smallest absolute Gasteiger partial charge is 0.200 e. The van der Waals surface area contributed by atoms with Gasteiger partial charge in [-0.05, 0) is 135 Å². The highest BCUT2D eigenvalue weighted by Gasteiger charge is 2.14. The molecule has 0 bridgehead atoms. The van der Waals surface area contributed by atoms with E-state index in [0.29, 0.717) is 50.1 Å². The third-order valence-corrected chi connectivity index (χ3v) is 11.3. The van der Waals surface area contributed by atoms with E-state index in [1.165, 1.54) is 36.4 Å². The molecule has 4 rings (SSSR count). The van der Waals surface area contributed by atoms with Crippen LogP contribution in [0, 0.1) is 0 Å². The first-order valence-electron chi connectivity index (χ1n) is 13.6. The van der Waals surface area contributed by atoms with E-state index in [9.17, 15) is 51.1 Å². The van der Waals surface area contributed by atoms with E-state index in [2.05, 4.69) is 74.4 Å². The first-order chi connectivity index (χ1) is 23.4. The SMILES string of the molecule is Oc1cc(CNC(=S)/C=C/c2cc(O)c(O)c(Br)c2Br)cc(O)c1O.Oc1cc(CNC(=S)/C=C/c2cc(O)c(O)c(Br)c2Br)cc(O)c1O. The molecule has 0 radical (unpaired) electrons. The Morgan fingerprint density at radius 2 is 0.740 bits per heavy atom. The van der Waals surface area contributed by atoms with Crippen LogP contribution in [0.25, 0.3) is 12.2 Å². The monoisotopic (exact) mass is 978 g/mol. The van der Waals surface area contributed by atoms with Gasteiger partial charge in [-0.1, -0.05) is 36.6 Å². The number of halogens is 4. The standard InChI is InChI=1S/2C16H13Br2NO5S/c2*17-13-8(5-11(22)16(24)14(13)18)1-2-12(25)19-6-7-3-9(20)15(23)10(21)4-7/h2*1-5,20-24H,6H2,(H,19,25)/b2*2-1+. The highest BCUT2D eigenvalue weighted by Crippen LogP contribution is 2.43. The first-order valence-corrected chi connectivity index (χ1v) is 17.6. The molecule has 0 heterocycles. The fourth-order valence-electron chi connectivity index (χ4n) is 3.84. The minimum Gasteiger partial charge on any atom is -0.504 e. The van der Waals surface area contributed by atoms with E-state index >= 15 is 0 Å². The number of aromatic hydroxyl groups is 10. The molecule has 0 saturated carbocycles. The van der Waals surface area contributed by atoms with E-state index in [-0.39, 0.29) is 36.1 Å². The number of nitrogens with one attached hydrogen (secondary N) is 2. The normalized spacial score (nSPS) is 11.0. The van der Waals surface area contributed by atoms with Crippen LogP contribution in [0.15, 0.2) is 66.4 Å². The summed E-state index contributed by atoms with van der Waals surface area (Å²) < 4.78 is 1.74.